The molecule has 0 fully saturated rings. The van der Waals surface area contributed by atoms with Gasteiger partial charge in [-0.3, -0.25) is 0 Å². The molecule has 0 saturated carbocycles. The monoisotopic (exact) mass is 640 g/mol. The smallest absolute Gasteiger partial charge is 0.105 e. The van der Waals surface area contributed by atoms with Crippen LogP contribution in [0.15, 0.2) is 134 Å². The van der Waals surface area contributed by atoms with E-state index in [1.807, 2.05) is 121 Å². The molecule has 4 aromatic rings. The average molecular weight is 641 g/mol. The van der Waals surface area contributed by atoms with Gasteiger partial charge in [-0.05, 0) is 22.3 Å². The van der Waals surface area contributed by atoms with E-state index in [2.05, 4.69) is 6.58 Å². The van der Waals surface area contributed by atoms with Crippen molar-refractivity contribution in [1.82, 2.24) is 0 Å². The Kier molecular flexibility index (Phi) is 17.5. The highest BCUT2D eigenvalue weighted by atomic mass is 16.6. The molecule has 0 unspecified atom stereocenters. The molecule has 0 atom stereocenters. The molecule has 0 N–H and O–H groups in total. The predicted molar refractivity (Wildman–Crippen MR) is 184 cm³/mol. The predicted octanol–water partition coefficient (Wildman–Crippen LogP) is 7.20. The van der Waals surface area contributed by atoms with Crippen molar-refractivity contribution in [3.05, 3.63) is 156 Å². The second-order valence-corrected chi connectivity index (χ2v) is 11.2. The zero-order chi connectivity index (χ0) is 32.6. The van der Waals surface area contributed by atoms with Gasteiger partial charge in [0.05, 0.1) is 72.7 Å². The summed E-state index contributed by atoms with van der Waals surface area (Å²) in [4.78, 5) is 0. The van der Waals surface area contributed by atoms with Gasteiger partial charge in [-0.15, -0.1) is 6.58 Å². The summed E-state index contributed by atoms with van der Waals surface area (Å²) in [6, 6.07) is 40.4. The molecule has 0 heterocycles. The van der Waals surface area contributed by atoms with Gasteiger partial charge >= 0.3 is 0 Å². The third-order valence-corrected chi connectivity index (χ3v) is 7.15. The lowest BCUT2D eigenvalue weighted by Gasteiger charge is -2.25. The SMILES string of the molecule is C=CCOC(COC(COCc1ccccc1)COCc1ccccc1)COC(COCc1ccccc1)COCc1ccccc1. The van der Waals surface area contributed by atoms with E-state index >= 15 is 0 Å². The molecule has 4 rings (SSSR count). The Bertz CT molecular complexity index is 1130. The van der Waals surface area contributed by atoms with Crippen molar-refractivity contribution < 1.29 is 33.2 Å². The zero-order valence-corrected chi connectivity index (χ0v) is 27.2. The summed E-state index contributed by atoms with van der Waals surface area (Å²) in [7, 11) is 0. The van der Waals surface area contributed by atoms with Crippen LogP contribution in [0.4, 0.5) is 0 Å². The largest absolute Gasteiger partial charge is 0.374 e. The third-order valence-electron chi connectivity index (χ3n) is 7.15. The van der Waals surface area contributed by atoms with E-state index in [9.17, 15) is 0 Å². The van der Waals surface area contributed by atoms with Crippen LogP contribution in [0.1, 0.15) is 22.3 Å². The summed E-state index contributed by atoms with van der Waals surface area (Å²) < 4.78 is 42.9. The van der Waals surface area contributed by atoms with E-state index in [1.54, 1.807) is 6.08 Å². The maximum Gasteiger partial charge on any atom is 0.105 e. The topological polar surface area (TPSA) is 64.6 Å². The maximum atomic E-state index is 6.34. The molecule has 0 radical (unpaired) electrons. The van der Waals surface area contributed by atoms with Gasteiger partial charge in [0, 0.05) is 0 Å². The first-order chi connectivity index (χ1) is 23.3. The lowest BCUT2D eigenvalue weighted by atomic mass is 10.2. The standard InChI is InChI=1S/C40H48O7/c1-2-23-45-40(32-46-38(28-41-24-34-15-7-3-8-16-34)29-42-25-35-17-9-4-10-18-35)33-47-39(30-43-26-36-19-11-5-12-20-36)31-44-27-37-21-13-6-14-22-37/h2-22,38-40H,1,23-33H2. The highest BCUT2D eigenvalue weighted by Gasteiger charge is 2.19. The fourth-order valence-electron chi connectivity index (χ4n) is 4.65. The van der Waals surface area contributed by atoms with E-state index in [4.69, 9.17) is 33.2 Å². The summed E-state index contributed by atoms with van der Waals surface area (Å²) in [6.45, 7) is 8.26. The first-order valence-corrected chi connectivity index (χ1v) is 16.2. The van der Waals surface area contributed by atoms with Crippen LogP contribution in [0, 0.1) is 0 Å². The molecule has 0 aromatic heterocycles. The maximum absolute atomic E-state index is 6.34. The van der Waals surface area contributed by atoms with Gasteiger partial charge in [0.1, 0.15) is 18.3 Å². The Labute approximate surface area is 280 Å². The minimum absolute atomic E-state index is 0.295. The molecule has 7 nitrogen and oxygen atoms in total. The number of benzene rings is 4. The normalized spacial score (nSPS) is 11.5. The highest BCUT2D eigenvalue weighted by molar-refractivity contribution is 5.15. The van der Waals surface area contributed by atoms with Gasteiger partial charge in [-0.2, -0.15) is 0 Å². The molecule has 0 aliphatic carbocycles. The summed E-state index contributed by atoms with van der Waals surface area (Å²) in [5.74, 6) is 0. The van der Waals surface area contributed by atoms with E-state index in [0.29, 0.717) is 72.7 Å². The van der Waals surface area contributed by atoms with Crippen molar-refractivity contribution in [1.29, 1.82) is 0 Å². The van der Waals surface area contributed by atoms with Crippen molar-refractivity contribution in [2.45, 2.75) is 44.7 Å². The van der Waals surface area contributed by atoms with Gasteiger partial charge in [-0.25, -0.2) is 0 Å². The zero-order valence-electron chi connectivity index (χ0n) is 27.2. The summed E-state index contributed by atoms with van der Waals surface area (Å²) in [6.07, 6.45) is 0.789. The van der Waals surface area contributed by atoms with Crippen LogP contribution in [0.3, 0.4) is 0 Å². The van der Waals surface area contributed by atoms with Crippen LogP contribution in [0.2, 0.25) is 0 Å². The molecule has 0 aliphatic heterocycles. The Morgan fingerprint density at radius 3 is 0.936 bits per heavy atom. The van der Waals surface area contributed by atoms with Crippen LogP contribution in [0.5, 0.6) is 0 Å². The number of rotatable bonds is 25. The van der Waals surface area contributed by atoms with Gasteiger partial charge in [0.15, 0.2) is 0 Å². The van der Waals surface area contributed by atoms with E-state index in [-0.39, 0.29) is 18.3 Å². The summed E-state index contributed by atoms with van der Waals surface area (Å²) in [5.41, 5.74) is 4.42. The van der Waals surface area contributed by atoms with Crippen LogP contribution < -0.4 is 0 Å². The van der Waals surface area contributed by atoms with Crippen LogP contribution in [-0.2, 0) is 59.6 Å². The molecule has 0 amide bonds. The summed E-state index contributed by atoms with van der Waals surface area (Å²) >= 11 is 0. The molecule has 7 heteroatoms. The first-order valence-electron chi connectivity index (χ1n) is 16.2. The summed E-state index contributed by atoms with van der Waals surface area (Å²) in [5, 5.41) is 0. The Hall–Kier alpha value is -3.66. The van der Waals surface area contributed by atoms with Crippen molar-refractivity contribution in [2.75, 3.05) is 46.2 Å². The fourth-order valence-corrected chi connectivity index (χ4v) is 4.65. The second-order valence-electron chi connectivity index (χ2n) is 11.2. The van der Waals surface area contributed by atoms with Gasteiger partial charge in [0.25, 0.3) is 0 Å². The van der Waals surface area contributed by atoms with Crippen LogP contribution in [0.25, 0.3) is 0 Å². The minimum atomic E-state index is -0.343. The number of hydrogen-bond acceptors (Lipinski definition) is 7. The van der Waals surface area contributed by atoms with Crippen LogP contribution in [-0.4, -0.2) is 64.6 Å². The van der Waals surface area contributed by atoms with Gasteiger partial charge in [0.2, 0.25) is 0 Å². The molecule has 0 aliphatic rings. The van der Waals surface area contributed by atoms with Crippen molar-refractivity contribution >= 4 is 0 Å². The van der Waals surface area contributed by atoms with Crippen molar-refractivity contribution in [3.63, 3.8) is 0 Å². The molecule has 4 aromatic carbocycles. The molecular formula is C40H48O7. The second kappa shape index (κ2) is 22.8. The fraction of sp³-hybridized carbons (Fsp3) is 0.350. The van der Waals surface area contributed by atoms with Crippen molar-refractivity contribution in [2.24, 2.45) is 0 Å². The third kappa shape index (κ3) is 15.7. The Balaban J connectivity index is 1.30. The molecular weight excluding hydrogens is 592 g/mol. The minimum Gasteiger partial charge on any atom is -0.374 e. The number of hydrogen-bond donors (Lipinski definition) is 0. The van der Waals surface area contributed by atoms with Gasteiger partial charge in [-0.1, -0.05) is 127 Å². The molecule has 47 heavy (non-hydrogen) atoms. The lowest BCUT2D eigenvalue weighted by molar-refractivity contribution is -0.129. The molecule has 0 saturated heterocycles. The first kappa shape index (κ1) is 36.2. The van der Waals surface area contributed by atoms with E-state index < -0.39 is 0 Å². The quantitative estimate of drug-likeness (QED) is 0.0711. The molecule has 0 bridgehead atoms. The number of ether oxygens (including phenoxy) is 7. The van der Waals surface area contributed by atoms with Crippen molar-refractivity contribution in [3.8, 4) is 0 Å². The average Bonchev–Trinajstić information content (AvgIpc) is 3.12. The van der Waals surface area contributed by atoms with E-state index in [0.717, 1.165) is 22.3 Å². The van der Waals surface area contributed by atoms with Crippen LogP contribution >= 0.6 is 0 Å². The Morgan fingerprint density at radius 2 is 0.660 bits per heavy atom. The molecule has 0 spiro atoms. The lowest BCUT2D eigenvalue weighted by Crippen LogP contribution is -2.35. The van der Waals surface area contributed by atoms with E-state index in [1.165, 1.54) is 0 Å². The highest BCUT2D eigenvalue weighted by Crippen LogP contribution is 2.10. The Morgan fingerprint density at radius 1 is 0.383 bits per heavy atom. The molecule has 250 valence electrons. The van der Waals surface area contributed by atoms with Gasteiger partial charge < -0.3 is 33.2 Å².